The summed E-state index contributed by atoms with van der Waals surface area (Å²) in [6.07, 6.45) is -4.49. The third kappa shape index (κ3) is 3.11. The Hall–Kier alpha value is -0.610. The summed E-state index contributed by atoms with van der Waals surface area (Å²) in [5.41, 5.74) is -0.0565. The maximum absolute atomic E-state index is 12.7. The van der Waals surface area contributed by atoms with E-state index in [-0.39, 0.29) is 6.04 Å². The van der Waals surface area contributed by atoms with Gasteiger partial charge >= 0.3 is 6.18 Å². The molecule has 1 N–H and O–H groups in total. The highest BCUT2D eigenvalue weighted by atomic mass is 35.5. The lowest BCUT2D eigenvalue weighted by Crippen LogP contribution is -2.38. The van der Waals surface area contributed by atoms with Gasteiger partial charge in [-0.3, -0.25) is 0 Å². The molecule has 0 bridgehead atoms. The monoisotopic (exact) mass is 285 g/mol. The molecule has 100 valence electrons. The second-order valence-electron chi connectivity index (χ2n) is 4.15. The van der Waals surface area contributed by atoms with Crippen molar-refractivity contribution in [3.8, 4) is 0 Å². The highest BCUT2D eigenvalue weighted by Crippen LogP contribution is 2.42. The van der Waals surface area contributed by atoms with Crippen molar-refractivity contribution < 1.29 is 13.2 Å². The molecule has 1 atom stereocenters. The third-order valence-corrected chi connectivity index (χ3v) is 3.12. The molecule has 4 radical (unpaired) electrons. The molecule has 0 aliphatic carbocycles. The SMILES string of the molecule is CC.[B]C1([B])NC(C)c2cc(C(F)(F)F)c(Cl)cc21. The molecule has 2 rings (SSSR count). The van der Waals surface area contributed by atoms with E-state index >= 15 is 0 Å². The van der Waals surface area contributed by atoms with Crippen LogP contribution in [0.3, 0.4) is 0 Å². The predicted octanol–water partition coefficient (Wildman–Crippen LogP) is 3.50. The topological polar surface area (TPSA) is 12.0 Å². The average molecular weight is 285 g/mol. The van der Waals surface area contributed by atoms with Gasteiger partial charge in [0.1, 0.15) is 0 Å². The highest BCUT2D eigenvalue weighted by Gasteiger charge is 2.39. The molecule has 0 fully saturated rings. The van der Waals surface area contributed by atoms with Gasteiger partial charge in [-0.1, -0.05) is 25.4 Å². The summed E-state index contributed by atoms with van der Waals surface area (Å²) in [4.78, 5) is 0. The van der Waals surface area contributed by atoms with Crippen LogP contribution in [-0.4, -0.2) is 15.7 Å². The Morgan fingerprint density at radius 2 is 1.79 bits per heavy atom. The number of hydrogen-bond donors (Lipinski definition) is 1. The van der Waals surface area contributed by atoms with E-state index in [4.69, 9.17) is 27.3 Å². The first-order chi connectivity index (χ1) is 8.63. The van der Waals surface area contributed by atoms with Gasteiger partial charge in [0.25, 0.3) is 0 Å². The van der Waals surface area contributed by atoms with Gasteiger partial charge in [0.05, 0.1) is 26.3 Å². The number of nitrogens with one attached hydrogen (secondary N) is 1. The Labute approximate surface area is 118 Å². The molecule has 1 heterocycles. The molecule has 1 aromatic rings. The third-order valence-electron chi connectivity index (χ3n) is 2.81. The first-order valence-corrected chi connectivity index (χ1v) is 6.27. The molecule has 7 heteroatoms. The minimum absolute atomic E-state index is 0.349. The van der Waals surface area contributed by atoms with E-state index in [2.05, 4.69) is 5.32 Å². The number of halogens is 4. The normalized spacial score (nSPS) is 20.5. The Morgan fingerprint density at radius 1 is 1.26 bits per heavy atom. The quantitative estimate of drug-likeness (QED) is 0.719. The first kappa shape index (κ1) is 16.4. The average Bonchev–Trinajstić information content (AvgIpc) is 2.49. The smallest absolute Gasteiger partial charge is 0.317 e. The van der Waals surface area contributed by atoms with Crippen LogP contribution in [0, 0.1) is 0 Å². The molecule has 1 unspecified atom stereocenters. The fourth-order valence-corrected chi connectivity index (χ4v) is 2.31. The van der Waals surface area contributed by atoms with Crippen molar-refractivity contribution in [2.24, 2.45) is 0 Å². The molecule has 0 spiro atoms. The fourth-order valence-electron chi connectivity index (χ4n) is 2.04. The van der Waals surface area contributed by atoms with Crippen molar-refractivity contribution in [3.63, 3.8) is 0 Å². The van der Waals surface area contributed by atoms with E-state index < -0.39 is 22.1 Å². The lowest BCUT2D eigenvalue weighted by molar-refractivity contribution is -0.137. The Bertz CT molecular complexity index is 475. The van der Waals surface area contributed by atoms with Crippen LogP contribution >= 0.6 is 11.6 Å². The summed E-state index contributed by atoms with van der Waals surface area (Å²) in [5, 5.41) is 1.05. The van der Waals surface area contributed by atoms with Gasteiger partial charge < -0.3 is 5.32 Å². The zero-order chi connectivity index (χ0) is 15.0. The minimum atomic E-state index is -4.49. The van der Waals surface area contributed by atoms with Crippen molar-refractivity contribution >= 4 is 27.3 Å². The van der Waals surface area contributed by atoms with E-state index in [0.717, 1.165) is 6.07 Å². The van der Waals surface area contributed by atoms with Crippen molar-refractivity contribution in [1.82, 2.24) is 5.32 Å². The zero-order valence-electron chi connectivity index (χ0n) is 10.9. The van der Waals surface area contributed by atoms with Crippen LogP contribution in [0.25, 0.3) is 0 Å². The van der Waals surface area contributed by atoms with E-state index in [1.165, 1.54) is 6.07 Å². The second kappa shape index (κ2) is 5.41. The van der Waals surface area contributed by atoms with Gasteiger partial charge in [-0.2, -0.15) is 13.2 Å². The van der Waals surface area contributed by atoms with E-state index in [1.54, 1.807) is 6.92 Å². The first-order valence-electron chi connectivity index (χ1n) is 5.89. The van der Waals surface area contributed by atoms with Gasteiger partial charge in [-0.05, 0) is 35.5 Å². The van der Waals surface area contributed by atoms with Crippen LogP contribution in [0.2, 0.25) is 5.02 Å². The Kier molecular flexibility index (Phi) is 4.68. The molecule has 1 aromatic carbocycles. The summed E-state index contributed by atoms with van der Waals surface area (Å²) < 4.78 is 38.0. The molecule has 19 heavy (non-hydrogen) atoms. The molecule has 1 aliphatic heterocycles. The maximum atomic E-state index is 12.7. The van der Waals surface area contributed by atoms with Crippen molar-refractivity contribution in [1.29, 1.82) is 0 Å². The standard InChI is InChI=1S/C10H7B2ClF3N.C2H6/c1-4-5-2-7(10(14,15)16)8(13)3-6(5)9(11,12)17-4;1-2/h2-4,17H,1H3;1-2H3. The van der Waals surface area contributed by atoms with Gasteiger partial charge in [0.15, 0.2) is 0 Å². The van der Waals surface area contributed by atoms with Crippen molar-refractivity contribution in [2.75, 3.05) is 0 Å². The predicted molar refractivity (Wildman–Crippen MR) is 72.5 cm³/mol. The lowest BCUT2D eigenvalue weighted by atomic mass is 9.59. The van der Waals surface area contributed by atoms with Crippen LogP contribution in [0.15, 0.2) is 12.1 Å². The minimum Gasteiger partial charge on any atom is -0.317 e. The summed E-state index contributed by atoms with van der Waals surface area (Å²) in [7, 11) is 11.5. The molecular formula is C12H13B2ClF3N. The second-order valence-corrected chi connectivity index (χ2v) is 4.56. The van der Waals surface area contributed by atoms with Crippen LogP contribution in [-0.2, 0) is 11.5 Å². The lowest BCUT2D eigenvalue weighted by Gasteiger charge is -2.22. The van der Waals surface area contributed by atoms with Crippen LogP contribution in [0.4, 0.5) is 13.2 Å². The largest absolute Gasteiger partial charge is 0.417 e. The molecule has 0 aromatic heterocycles. The van der Waals surface area contributed by atoms with Gasteiger partial charge in [-0.25, -0.2) is 0 Å². The molecular weight excluding hydrogens is 272 g/mol. The zero-order valence-corrected chi connectivity index (χ0v) is 11.7. The molecule has 0 saturated carbocycles. The summed E-state index contributed by atoms with van der Waals surface area (Å²) >= 11 is 5.61. The van der Waals surface area contributed by atoms with Crippen molar-refractivity contribution in [3.05, 3.63) is 33.8 Å². The number of fused-ring (bicyclic) bond motifs is 1. The molecule has 1 aliphatic rings. The maximum Gasteiger partial charge on any atom is 0.417 e. The van der Waals surface area contributed by atoms with Crippen molar-refractivity contribution in [2.45, 2.75) is 38.3 Å². The summed E-state index contributed by atoms with van der Waals surface area (Å²) in [5.74, 6) is 0. The Balaban J connectivity index is 0.000000861. The van der Waals surface area contributed by atoms with E-state index in [9.17, 15) is 13.2 Å². The fraction of sp³-hybridized carbons (Fsp3) is 0.500. The molecule has 0 amide bonds. The molecule has 1 nitrogen and oxygen atoms in total. The van der Waals surface area contributed by atoms with Gasteiger partial charge in [0, 0.05) is 6.04 Å². The number of rotatable bonds is 0. The van der Waals surface area contributed by atoms with Gasteiger partial charge in [0.2, 0.25) is 0 Å². The number of hydrogen-bond acceptors (Lipinski definition) is 1. The number of alkyl halides is 3. The van der Waals surface area contributed by atoms with Crippen LogP contribution in [0.5, 0.6) is 0 Å². The summed E-state index contributed by atoms with van der Waals surface area (Å²) in [6.45, 7) is 5.69. The van der Waals surface area contributed by atoms with Crippen LogP contribution in [0.1, 0.15) is 43.5 Å². The van der Waals surface area contributed by atoms with Crippen LogP contribution < -0.4 is 5.32 Å². The summed E-state index contributed by atoms with van der Waals surface area (Å²) in [6, 6.07) is 1.82. The molecule has 0 saturated heterocycles. The van der Waals surface area contributed by atoms with E-state index in [1.807, 2.05) is 13.8 Å². The Morgan fingerprint density at radius 3 is 2.26 bits per heavy atom. The van der Waals surface area contributed by atoms with E-state index in [0.29, 0.717) is 11.1 Å². The van der Waals surface area contributed by atoms with Gasteiger partial charge in [-0.15, -0.1) is 0 Å². The number of benzene rings is 1. The highest BCUT2D eigenvalue weighted by molar-refractivity contribution is 6.40.